The molecule has 2 aliphatic heterocycles. The Labute approximate surface area is 198 Å². The predicted octanol–water partition coefficient (Wildman–Crippen LogP) is 4.93. The van der Waals surface area contributed by atoms with Crippen LogP contribution >= 0.6 is 0 Å². The third-order valence-corrected chi connectivity index (χ3v) is 7.64. The number of allylic oxidation sites excluding steroid dienone is 2. The summed E-state index contributed by atoms with van der Waals surface area (Å²) in [5.74, 6) is 0. The van der Waals surface area contributed by atoms with Crippen LogP contribution in [0.5, 0.6) is 0 Å². The Bertz CT molecular complexity index is 902. The van der Waals surface area contributed by atoms with Gasteiger partial charge in [0.15, 0.2) is 0 Å². The molecule has 1 saturated carbocycles. The molecule has 5 rings (SSSR count). The van der Waals surface area contributed by atoms with Crippen LogP contribution in [0.15, 0.2) is 24.3 Å². The molecule has 33 heavy (non-hydrogen) atoms. The van der Waals surface area contributed by atoms with Gasteiger partial charge in [-0.1, -0.05) is 6.08 Å². The molecule has 1 aromatic rings. The molecule has 0 atom stereocenters. The number of benzene rings is 1. The van der Waals surface area contributed by atoms with Gasteiger partial charge >= 0.3 is 6.09 Å². The Kier molecular flexibility index (Phi) is 6.06. The second kappa shape index (κ2) is 8.86. The smallest absolute Gasteiger partial charge is 0.410 e. The lowest BCUT2D eigenvalue weighted by Crippen LogP contribution is -2.50. The van der Waals surface area contributed by atoms with Crippen molar-refractivity contribution in [3.63, 3.8) is 0 Å². The molecule has 1 spiro atoms. The van der Waals surface area contributed by atoms with Gasteiger partial charge < -0.3 is 24.2 Å². The highest BCUT2D eigenvalue weighted by Crippen LogP contribution is 2.57. The minimum absolute atomic E-state index is 0.199. The minimum Gasteiger partial charge on any atom is -0.444 e. The number of ether oxygens (including phenoxy) is 2. The van der Waals surface area contributed by atoms with E-state index < -0.39 is 5.60 Å². The second-order valence-corrected chi connectivity index (χ2v) is 11.2. The summed E-state index contributed by atoms with van der Waals surface area (Å²) >= 11 is 0. The first kappa shape index (κ1) is 22.6. The van der Waals surface area contributed by atoms with Gasteiger partial charge in [-0.05, 0) is 82.1 Å². The molecule has 1 amide bonds. The van der Waals surface area contributed by atoms with Crippen molar-refractivity contribution in [2.24, 2.45) is 5.41 Å². The molecule has 2 saturated heterocycles. The van der Waals surface area contributed by atoms with E-state index in [0.29, 0.717) is 18.5 Å². The van der Waals surface area contributed by atoms with Gasteiger partial charge in [0.25, 0.3) is 0 Å². The molecule has 180 valence electrons. The minimum atomic E-state index is -0.455. The van der Waals surface area contributed by atoms with Crippen LogP contribution in [-0.4, -0.2) is 69.1 Å². The van der Waals surface area contributed by atoms with Crippen LogP contribution in [0, 0.1) is 5.41 Å². The number of anilines is 2. The monoisotopic (exact) mass is 453 g/mol. The number of piperazine rings is 1. The molecule has 4 aliphatic rings. The van der Waals surface area contributed by atoms with Gasteiger partial charge in [0.1, 0.15) is 5.60 Å². The number of morpholine rings is 1. The summed E-state index contributed by atoms with van der Waals surface area (Å²) in [6, 6.07) is 7.00. The highest BCUT2D eigenvalue weighted by atomic mass is 16.6. The molecule has 6 nitrogen and oxygen atoms in total. The van der Waals surface area contributed by atoms with E-state index in [1.54, 1.807) is 0 Å². The van der Waals surface area contributed by atoms with Gasteiger partial charge in [0.05, 0.1) is 13.2 Å². The molecule has 2 heterocycles. The van der Waals surface area contributed by atoms with E-state index in [9.17, 15) is 4.79 Å². The van der Waals surface area contributed by atoms with E-state index in [-0.39, 0.29) is 6.09 Å². The van der Waals surface area contributed by atoms with E-state index in [4.69, 9.17) is 9.47 Å². The number of rotatable bonds is 3. The number of nitrogens with zero attached hydrogens (tertiary/aromatic N) is 3. The van der Waals surface area contributed by atoms with Gasteiger partial charge in [-0.3, -0.25) is 0 Å². The molecule has 0 bridgehead atoms. The molecule has 0 aromatic heterocycles. The predicted molar refractivity (Wildman–Crippen MR) is 133 cm³/mol. The number of hydrogen-bond donors (Lipinski definition) is 0. The lowest BCUT2D eigenvalue weighted by molar-refractivity contribution is 0.0240. The number of amides is 1. The Balaban J connectivity index is 1.35. The van der Waals surface area contributed by atoms with Crippen LogP contribution in [0.3, 0.4) is 0 Å². The number of carbonyl (C=O) groups is 1. The van der Waals surface area contributed by atoms with Crippen molar-refractivity contribution in [3.05, 3.63) is 29.8 Å². The zero-order valence-corrected chi connectivity index (χ0v) is 20.6. The highest BCUT2D eigenvalue weighted by molar-refractivity contribution is 5.81. The van der Waals surface area contributed by atoms with Crippen molar-refractivity contribution < 1.29 is 14.3 Å². The third-order valence-electron chi connectivity index (χ3n) is 7.64. The van der Waals surface area contributed by atoms with Crippen molar-refractivity contribution in [3.8, 4) is 0 Å². The standard InChI is InChI=1S/C27H39N3O3/c1-26(2,3)33-25(31)30-14-12-29(13-15-30)24-5-4-22(28-16-18-32-19-17-28)20-23(24)21-6-8-27(9-7-21)10-11-27/h4-6,20H,7-19H2,1-3H3. The van der Waals surface area contributed by atoms with Gasteiger partial charge in [-0.25, -0.2) is 4.79 Å². The second-order valence-electron chi connectivity index (χ2n) is 11.2. The fourth-order valence-electron chi connectivity index (χ4n) is 5.35. The van der Waals surface area contributed by atoms with Crippen LogP contribution in [-0.2, 0) is 9.47 Å². The molecule has 0 radical (unpaired) electrons. The number of hydrogen-bond acceptors (Lipinski definition) is 5. The van der Waals surface area contributed by atoms with Crippen LogP contribution in [0.4, 0.5) is 16.2 Å². The Morgan fingerprint density at radius 1 is 0.970 bits per heavy atom. The van der Waals surface area contributed by atoms with E-state index in [1.165, 1.54) is 54.6 Å². The maximum absolute atomic E-state index is 12.5. The lowest BCUT2D eigenvalue weighted by atomic mass is 9.83. The fraction of sp³-hybridized carbons (Fsp3) is 0.667. The zero-order chi connectivity index (χ0) is 23.1. The van der Waals surface area contributed by atoms with Crippen molar-refractivity contribution in [2.45, 2.75) is 58.5 Å². The van der Waals surface area contributed by atoms with Gasteiger partial charge in [-0.15, -0.1) is 0 Å². The van der Waals surface area contributed by atoms with E-state index in [0.717, 1.165) is 39.4 Å². The van der Waals surface area contributed by atoms with Crippen LogP contribution in [0.25, 0.3) is 5.57 Å². The van der Waals surface area contributed by atoms with Crippen LogP contribution in [0.2, 0.25) is 0 Å². The molecule has 1 aromatic carbocycles. The summed E-state index contributed by atoms with van der Waals surface area (Å²) in [6.45, 7) is 12.3. The SMILES string of the molecule is CC(C)(C)OC(=O)N1CCN(c2ccc(N3CCOCC3)cc2C2=CCC3(CC2)CC3)CC1. The molecular weight excluding hydrogens is 414 g/mol. The molecule has 2 aliphatic carbocycles. The molecular formula is C27H39N3O3. The number of carbonyl (C=O) groups excluding carboxylic acids is 1. The third kappa shape index (κ3) is 5.16. The average molecular weight is 454 g/mol. The zero-order valence-electron chi connectivity index (χ0n) is 20.6. The van der Waals surface area contributed by atoms with E-state index in [1.807, 2.05) is 25.7 Å². The molecule has 0 unspecified atom stereocenters. The first-order valence-electron chi connectivity index (χ1n) is 12.7. The van der Waals surface area contributed by atoms with Gasteiger partial charge in [0.2, 0.25) is 0 Å². The van der Waals surface area contributed by atoms with Crippen LogP contribution < -0.4 is 9.80 Å². The van der Waals surface area contributed by atoms with Crippen LogP contribution in [0.1, 0.15) is 58.4 Å². The van der Waals surface area contributed by atoms with E-state index >= 15 is 0 Å². The maximum atomic E-state index is 12.5. The Morgan fingerprint density at radius 3 is 2.30 bits per heavy atom. The topological polar surface area (TPSA) is 45.2 Å². The van der Waals surface area contributed by atoms with Crippen molar-refractivity contribution in [1.29, 1.82) is 0 Å². The van der Waals surface area contributed by atoms with Gasteiger partial charge in [-0.2, -0.15) is 0 Å². The van der Waals surface area contributed by atoms with Crippen molar-refractivity contribution >= 4 is 23.0 Å². The molecule has 0 N–H and O–H groups in total. The summed E-state index contributed by atoms with van der Waals surface area (Å²) in [6.07, 6.45) is 8.87. The first-order valence-corrected chi connectivity index (χ1v) is 12.7. The summed E-state index contributed by atoms with van der Waals surface area (Å²) in [4.78, 5) is 19.3. The summed E-state index contributed by atoms with van der Waals surface area (Å²) in [5, 5.41) is 0. The largest absolute Gasteiger partial charge is 0.444 e. The molecule has 3 fully saturated rings. The summed E-state index contributed by atoms with van der Waals surface area (Å²) in [5.41, 5.74) is 5.69. The van der Waals surface area contributed by atoms with Gasteiger partial charge in [0, 0.05) is 56.2 Å². The van der Waals surface area contributed by atoms with Crippen molar-refractivity contribution in [2.75, 3.05) is 62.3 Å². The average Bonchev–Trinajstić information content (AvgIpc) is 3.57. The normalized spacial score (nSPS) is 22.9. The summed E-state index contributed by atoms with van der Waals surface area (Å²) < 4.78 is 11.2. The fourth-order valence-corrected chi connectivity index (χ4v) is 5.35. The highest BCUT2D eigenvalue weighted by Gasteiger charge is 2.43. The lowest BCUT2D eigenvalue weighted by Gasteiger charge is -2.38. The summed E-state index contributed by atoms with van der Waals surface area (Å²) in [7, 11) is 0. The Hall–Kier alpha value is -2.21. The van der Waals surface area contributed by atoms with E-state index in [2.05, 4.69) is 34.1 Å². The quantitative estimate of drug-likeness (QED) is 0.650. The maximum Gasteiger partial charge on any atom is 0.410 e. The Morgan fingerprint density at radius 2 is 1.70 bits per heavy atom. The first-order chi connectivity index (χ1) is 15.8. The molecule has 6 heteroatoms. The van der Waals surface area contributed by atoms with Crippen molar-refractivity contribution in [1.82, 2.24) is 4.90 Å².